The van der Waals surface area contributed by atoms with Gasteiger partial charge in [0.25, 0.3) is 5.91 Å². The number of hydrogen-bond acceptors (Lipinski definition) is 6. The number of phenolic OH excluding ortho intramolecular Hbond substituents is 1. The van der Waals surface area contributed by atoms with Crippen molar-refractivity contribution in [2.75, 3.05) is 11.9 Å². The fraction of sp³-hybridized carbons (Fsp3) is 0.0625. The van der Waals surface area contributed by atoms with Crippen molar-refractivity contribution in [1.29, 1.82) is 0 Å². The second-order valence-corrected chi connectivity index (χ2v) is 7.54. The number of hydrogen-bond donors (Lipinski definition) is 2. The molecule has 0 aliphatic carbocycles. The zero-order chi connectivity index (χ0) is 17.1. The molecule has 3 rings (SSSR count). The third-order valence-electron chi connectivity index (χ3n) is 3.12. The lowest BCUT2D eigenvalue weighted by atomic mass is 10.3. The first-order valence-electron chi connectivity index (χ1n) is 6.91. The normalized spacial score (nSPS) is 16.0. The van der Waals surface area contributed by atoms with Crippen molar-refractivity contribution < 1.29 is 14.7 Å². The van der Waals surface area contributed by atoms with Gasteiger partial charge in [-0.05, 0) is 29.7 Å². The highest BCUT2D eigenvalue weighted by Gasteiger charge is 2.33. The summed E-state index contributed by atoms with van der Waals surface area (Å²) >= 11 is 7.92. The van der Waals surface area contributed by atoms with Crippen LogP contribution in [-0.2, 0) is 9.59 Å². The van der Waals surface area contributed by atoms with E-state index in [0.29, 0.717) is 14.9 Å². The number of nitrogens with one attached hydrogen (secondary N) is 1. The van der Waals surface area contributed by atoms with E-state index >= 15 is 0 Å². The van der Waals surface area contributed by atoms with Crippen LogP contribution in [-0.4, -0.2) is 32.7 Å². The Morgan fingerprint density at radius 1 is 1.33 bits per heavy atom. The number of phenols is 1. The number of thioether (sulfide) groups is 1. The Kier molecular flexibility index (Phi) is 4.98. The van der Waals surface area contributed by atoms with Crippen LogP contribution in [0.1, 0.15) is 4.88 Å². The molecule has 1 saturated heterocycles. The summed E-state index contributed by atoms with van der Waals surface area (Å²) in [5.41, 5.74) is 0.458. The Morgan fingerprint density at radius 2 is 2.17 bits per heavy atom. The summed E-state index contributed by atoms with van der Waals surface area (Å²) in [5.74, 6) is -0.601. The average molecular weight is 376 g/mol. The molecule has 2 aromatic rings. The zero-order valence-electron chi connectivity index (χ0n) is 12.3. The number of carbonyl (C=O) groups is 2. The lowest BCUT2D eigenvalue weighted by molar-refractivity contribution is -0.126. The van der Waals surface area contributed by atoms with Crippen molar-refractivity contribution in [3.63, 3.8) is 0 Å². The maximum absolute atomic E-state index is 12.4. The molecule has 2 heterocycles. The molecule has 0 radical (unpaired) electrons. The van der Waals surface area contributed by atoms with Crippen molar-refractivity contribution in [2.45, 2.75) is 0 Å². The van der Waals surface area contributed by atoms with Crippen LogP contribution >= 0.6 is 35.3 Å². The lowest BCUT2D eigenvalue weighted by Gasteiger charge is -2.14. The zero-order valence-corrected chi connectivity index (χ0v) is 14.7. The number of rotatable bonds is 4. The standard InChI is InChI=1S/C16H12N2O3S3/c19-11-4-1-3-10(7-11)17-14(20)9-18-15(21)13(24-16(18)22)8-12-5-2-6-23-12/h1-8,19H,9H2,(H,17,20)/b13-8-. The van der Waals surface area contributed by atoms with Crippen LogP contribution in [0.2, 0.25) is 0 Å². The Balaban J connectivity index is 1.67. The summed E-state index contributed by atoms with van der Waals surface area (Å²) in [4.78, 5) is 27.3. The van der Waals surface area contributed by atoms with Crippen LogP contribution in [0.15, 0.2) is 46.7 Å². The van der Waals surface area contributed by atoms with Crippen LogP contribution in [0.4, 0.5) is 5.69 Å². The van der Waals surface area contributed by atoms with E-state index in [0.717, 1.165) is 4.88 Å². The number of nitrogens with zero attached hydrogens (tertiary/aromatic N) is 1. The molecule has 1 aliphatic rings. The summed E-state index contributed by atoms with van der Waals surface area (Å²) in [6.45, 7) is -0.165. The van der Waals surface area contributed by atoms with Gasteiger partial charge in [0.2, 0.25) is 5.91 Å². The second kappa shape index (κ2) is 7.16. The molecule has 1 fully saturated rings. The van der Waals surface area contributed by atoms with Gasteiger partial charge in [-0.3, -0.25) is 14.5 Å². The minimum Gasteiger partial charge on any atom is -0.508 e. The average Bonchev–Trinajstić information content (AvgIpc) is 3.12. The molecule has 0 saturated carbocycles. The van der Waals surface area contributed by atoms with Gasteiger partial charge in [0.05, 0.1) is 4.91 Å². The van der Waals surface area contributed by atoms with E-state index in [2.05, 4.69) is 5.32 Å². The molecule has 0 unspecified atom stereocenters. The smallest absolute Gasteiger partial charge is 0.266 e. The molecule has 2 N–H and O–H groups in total. The summed E-state index contributed by atoms with van der Waals surface area (Å²) < 4.78 is 0.355. The van der Waals surface area contributed by atoms with Gasteiger partial charge in [0, 0.05) is 16.6 Å². The van der Waals surface area contributed by atoms with Gasteiger partial charge in [-0.25, -0.2) is 0 Å². The molecule has 1 aromatic heterocycles. The Bertz CT molecular complexity index is 831. The summed E-state index contributed by atoms with van der Waals surface area (Å²) in [6, 6.07) is 10.0. The van der Waals surface area contributed by atoms with Gasteiger partial charge in [0.15, 0.2) is 0 Å². The van der Waals surface area contributed by atoms with E-state index in [4.69, 9.17) is 12.2 Å². The van der Waals surface area contributed by atoms with E-state index < -0.39 is 0 Å². The molecular weight excluding hydrogens is 364 g/mol. The highest BCUT2D eigenvalue weighted by atomic mass is 32.2. The SMILES string of the molecule is O=C(CN1C(=O)/C(=C/c2cccs2)SC1=S)Nc1cccc(O)c1. The van der Waals surface area contributed by atoms with Gasteiger partial charge in [-0.2, -0.15) is 0 Å². The van der Waals surface area contributed by atoms with Crippen molar-refractivity contribution in [3.8, 4) is 5.75 Å². The number of carbonyl (C=O) groups excluding carboxylic acids is 2. The number of aromatic hydroxyl groups is 1. The van der Waals surface area contributed by atoms with Gasteiger partial charge < -0.3 is 10.4 Å². The molecule has 8 heteroatoms. The molecule has 0 spiro atoms. The molecule has 5 nitrogen and oxygen atoms in total. The first kappa shape index (κ1) is 16.7. The minimum absolute atomic E-state index is 0.0530. The molecule has 1 aliphatic heterocycles. The summed E-state index contributed by atoms with van der Waals surface area (Å²) in [6.07, 6.45) is 1.77. The Morgan fingerprint density at radius 3 is 2.88 bits per heavy atom. The minimum atomic E-state index is -0.380. The van der Waals surface area contributed by atoms with Crippen LogP contribution in [0, 0.1) is 0 Å². The third-order valence-corrected chi connectivity index (χ3v) is 5.32. The topological polar surface area (TPSA) is 69.6 Å². The van der Waals surface area contributed by atoms with Crippen molar-refractivity contribution in [2.24, 2.45) is 0 Å². The highest BCUT2D eigenvalue weighted by Crippen LogP contribution is 2.33. The maximum Gasteiger partial charge on any atom is 0.266 e. The number of thiocarbonyl (C=S) groups is 1. The highest BCUT2D eigenvalue weighted by molar-refractivity contribution is 8.26. The fourth-order valence-corrected chi connectivity index (χ4v) is 4.04. The fourth-order valence-electron chi connectivity index (χ4n) is 2.07. The van der Waals surface area contributed by atoms with Crippen LogP contribution < -0.4 is 5.32 Å². The Hall–Kier alpha value is -2.16. The molecule has 122 valence electrons. The summed E-state index contributed by atoms with van der Waals surface area (Å²) in [5, 5.41) is 14.0. The molecule has 1 aromatic carbocycles. The van der Waals surface area contributed by atoms with E-state index in [1.165, 1.54) is 40.1 Å². The van der Waals surface area contributed by atoms with Gasteiger partial charge >= 0.3 is 0 Å². The predicted molar refractivity (Wildman–Crippen MR) is 101 cm³/mol. The number of benzene rings is 1. The molecule has 2 amide bonds. The van der Waals surface area contributed by atoms with Crippen LogP contribution in [0.3, 0.4) is 0 Å². The Labute approximate surface area is 152 Å². The number of thiophene rings is 1. The quantitative estimate of drug-likeness (QED) is 0.633. The lowest BCUT2D eigenvalue weighted by Crippen LogP contribution is -2.36. The maximum atomic E-state index is 12.4. The van der Waals surface area contributed by atoms with Gasteiger partial charge in [-0.1, -0.05) is 36.1 Å². The largest absolute Gasteiger partial charge is 0.508 e. The number of amides is 2. The van der Waals surface area contributed by atoms with E-state index in [-0.39, 0.29) is 24.1 Å². The number of anilines is 1. The van der Waals surface area contributed by atoms with Crippen LogP contribution in [0.25, 0.3) is 6.08 Å². The van der Waals surface area contributed by atoms with Crippen molar-refractivity contribution in [1.82, 2.24) is 4.90 Å². The first-order valence-corrected chi connectivity index (χ1v) is 9.01. The first-order chi connectivity index (χ1) is 11.5. The van der Waals surface area contributed by atoms with E-state index in [1.807, 2.05) is 17.5 Å². The molecule has 0 atom stereocenters. The predicted octanol–water partition coefficient (Wildman–Crippen LogP) is 3.29. The molecule has 24 heavy (non-hydrogen) atoms. The second-order valence-electron chi connectivity index (χ2n) is 4.88. The molecular formula is C16H12N2O3S3. The van der Waals surface area contributed by atoms with Crippen LogP contribution in [0.5, 0.6) is 5.75 Å². The van der Waals surface area contributed by atoms with Crippen molar-refractivity contribution in [3.05, 3.63) is 51.6 Å². The van der Waals surface area contributed by atoms with Gasteiger partial charge in [0.1, 0.15) is 16.6 Å². The monoisotopic (exact) mass is 376 g/mol. The van der Waals surface area contributed by atoms with Crippen molar-refractivity contribution >= 4 is 63.2 Å². The van der Waals surface area contributed by atoms with Gasteiger partial charge in [-0.15, -0.1) is 11.3 Å². The molecule has 0 bridgehead atoms. The summed E-state index contributed by atoms with van der Waals surface area (Å²) in [7, 11) is 0. The van der Waals surface area contributed by atoms with E-state index in [9.17, 15) is 14.7 Å². The third kappa shape index (κ3) is 3.84. The van der Waals surface area contributed by atoms with E-state index in [1.54, 1.807) is 18.2 Å².